The number of carbonyl (C=O) groups is 2. The van der Waals surface area contributed by atoms with E-state index in [-0.39, 0.29) is 24.2 Å². The van der Waals surface area contributed by atoms with Crippen LogP contribution in [0.2, 0.25) is 0 Å². The van der Waals surface area contributed by atoms with Crippen molar-refractivity contribution in [1.29, 1.82) is 0 Å². The van der Waals surface area contributed by atoms with Crippen molar-refractivity contribution in [3.63, 3.8) is 0 Å². The van der Waals surface area contributed by atoms with Gasteiger partial charge in [0.15, 0.2) is 0 Å². The van der Waals surface area contributed by atoms with Crippen LogP contribution in [0.25, 0.3) is 0 Å². The summed E-state index contributed by atoms with van der Waals surface area (Å²) >= 11 is 0. The molecule has 0 bridgehead atoms. The molecule has 19 heavy (non-hydrogen) atoms. The van der Waals surface area contributed by atoms with Crippen molar-refractivity contribution in [3.05, 3.63) is 29.8 Å². The van der Waals surface area contributed by atoms with E-state index < -0.39 is 6.04 Å². The average Bonchev–Trinajstić information content (AvgIpc) is 2.36. The van der Waals surface area contributed by atoms with Gasteiger partial charge in [-0.3, -0.25) is 9.59 Å². The Balaban J connectivity index is 0.00000324. The van der Waals surface area contributed by atoms with Crippen LogP contribution in [-0.4, -0.2) is 24.4 Å². The minimum absolute atomic E-state index is 0. The quantitative estimate of drug-likeness (QED) is 0.767. The number of carbonyl (C=O) groups excluding carboxylic acids is 2. The number of benzene rings is 1. The van der Waals surface area contributed by atoms with E-state index in [1.54, 1.807) is 31.2 Å². The molecule has 0 spiro atoms. The Labute approximate surface area is 119 Å². The molecule has 0 aliphatic carbocycles. The molecule has 0 saturated carbocycles. The van der Waals surface area contributed by atoms with Crippen molar-refractivity contribution in [1.82, 2.24) is 5.32 Å². The molecule has 0 radical (unpaired) electrons. The molecule has 0 aliphatic heterocycles. The number of hydrogen-bond acceptors (Lipinski definition) is 3. The van der Waals surface area contributed by atoms with Gasteiger partial charge in [-0.05, 0) is 31.5 Å². The van der Waals surface area contributed by atoms with Gasteiger partial charge in [-0.1, -0.05) is 13.0 Å². The van der Waals surface area contributed by atoms with Crippen LogP contribution in [0.15, 0.2) is 24.3 Å². The molecule has 2 amide bonds. The van der Waals surface area contributed by atoms with Gasteiger partial charge in [0.2, 0.25) is 5.91 Å². The van der Waals surface area contributed by atoms with Crippen molar-refractivity contribution >= 4 is 29.9 Å². The first-order valence-electron chi connectivity index (χ1n) is 5.99. The van der Waals surface area contributed by atoms with Crippen LogP contribution in [0.4, 0.5) is 5.69 Å². The number of nitrogens with two attached hydrogens (primary N) is 1. The number of nitrogens with one attached hydrogen (secondary N) is 2. The van der Waals surface area contributed by atoms with Crippen LogP contribution in [0.5, 0.6) is 0 Å². The Kier molecular flexibility index (Phi) is 7.79. The topological polar surface area (TPSA) is 84.2 Å². The second kappa shape index (κ2) is 8.50. The van der Waals surface area contributed by atoms with Gasteiger partial charge in [0, 0.05) is 17.8 Å². The molecule has 1 atom stereocenters. The van der Waals surface area contributed by atoms with Gasteiger partial charge in [-0.2, -0.15) is 0 Å². The minimum atomic E-state index is -0.581. The lowest BCUT2D eigenvalue weighted by molar-refractivity contribution is -0.117. The maximum absolute atomic E-state index is 11.7. The zero-order valence-corrected chi connectivity index (χ0v) is 11.9. The Morgan fingerprint density at radius 2 is 2.05 bits per heavy atom. The van der Waals surface area contributed by atoms with E-state index in [9.17, 15) is 9.59 Å². The third kappa shape index (κ3) is 5.72. The minimum Gasteiger partial charge on any atom is -0.352 e. The smallest absolute Gasteiger partial charge is 0.251 e. The predicted octanol–water partition coefficient (Wildman–Crippen LogP) is 1.53. The first kappa shape index (κ1) is 17.4. The Bertz CT molecular complexity index is 436. The summed E-state index contributed by atoms with van der Waals surface area (Å²) in [5, 5.41) is 5.42. The second-order valence-corrected chi connectivity index (χ2v) is 4.11. The molecule has 5 nitrogen and oxygen atoms in total. The Morgan fingerprint density at radius 3 is 2.63 bits per heavy atom. The van der Waals surface area contributed by atoms with Crippen LogP contribution in [0.1, 0.15) is 30.6 Å². The summed E-state index contributed by atoms with van der Waals surface area (Å²) in [5.74, 6) is -0.421. The predicted molar refractivity (Wildman–Crippen MR) is 78.6 cm³/mol. The van der Waals surface area contributed by atoms with Gasteiger partial charge in [0.1, 0.15) is 0 Å². The van der Waals surface area contributed by atoms with E-state index in [0.717, 1.165) is 6.42 Å². The molecule has 0 saturated heterocycles. The van der Waals surface area contributed by atoms with Crippen molar-refractivity contribution < 1.29 is 9.59 Å². The fourth-order valence-electron chi connectivity index (χ4n) is 1.33. The molecule has 0 heterocycles. The van der Waals surface area contributed by atoms with E-state index in [4.69, 9.17) is 5.73 Å². The standard InChI is InChI=1S/C13H19N3O2.ClH/c1-3-7-15-13(18)10-5-4-6-11(8-10)16-12(17)9(2)14;/h4-6,8-9H,3,7,14H2,1-2H3,(H,15,18)(H,16,17);1H. The first-order chi connectivity index (χ1) is 8.54. The summed E-state index contributed by atoms with van der Waals surface area (Å²) in [6.45, 7) is 4.22. The molecule has 1 aromatic rings. The lowest BCUT2D eigenvalue weighted by Crippen LogP contribution is -2.32. The average molecular weight is 286 g/mol. The molecule has 0 aliphatic rings. The highest BCUT2D eigenvalue weighted by Gasteiger charge is 2.09. The summed E-state index contributed by atoms with van der Waals surface area (Å²) in [4.78, 5) is 23.2. The largest absolute Gasteiger partial charge is 0.352 e. The molecule has 0 fully saturated rings. The number of amides is 2. The summed E-state index contributed by atoms with van der Waals surface area (Å²) in [7, 11) is 0. The van der Waals surface area contributed by atoms with Gasteiger partial charge >= 0.3 is 0 Å². The van der Waals surface area contributed by atoms with Gasteiger partial charge in [-0.15, -0.1) is 12.4 Å². The fraction of sp³-hybridized carbons (Fsp3) is 0.385. The SMILES string of the molecule is CCCNC(=O)c1cccc(NC(=O)C(C)N)c1.Cl. The molecular formula is C13H20ClN3O2. The summed E-state index contributed by atoms with van der Waals surface area (Å²) < 4.78 is 0. The number of rotatable bonds is 5. The molecule has 106 valence electrons. The fourth-order valence-corrected chi connectivity index (χ4v) is 1.33. The molecule has 1 unspecified atom stereocenters. The van der Waals surface area contributed by atoms with Crippen LogP contribution in [-0.2, 0) is 4.79 Å². The van der Waals surface area contributed by atoms with Crippen LogP contribution < -0.4 is 16.4 Å². The van der Waals surface area contributed by atoms with E-state index in [1.807, 2.05) is 6.92 Å². The zero-order chi connectivity index (χ0) is 13.5. The van der Waals surface area contributed by atoms with E-state index >= 15 is 0 Å². The molecule has 1 aromatic carbocycles. The summed E-state index contributed by atoms with van der Waals surface area (Å²) in [6.07, 6.45) is 0.882. The highest BCUT2D eigenvalue weighted by Crippen LogP contribution is 2.10. The third-order valence-corrected chi connectivity index (χ3v) is 2.34. The highest BCUT2D eigenvalue weighted by molar-refractivity contribution is 5.98. The molecule has 6 heteroatoms. The van der Waals surface area contributed by atoms with E-state index in [1.165, 1.54) is 0 Å². The Hall–Kier alpha value is -1.59. The normalized spacial score (nSPS) is 11.1. The number of halogens is 1. The van der Waals surface area contributed by atoms with Crippen molar-refractivity contribution in [2.75, 3.05) is 11.9 Å². The molecule has 1 rings (SSSR count). The maximum atomic E-state index is 11.7. The van der Waals surface area contributed by atoms with Gasteiger partial charge < -0.3 is 16.4 Å². The van der Waals surface area contributed by atoms with E-state index in [2.05, 4.69) is 10.6 Å². The van der Waals surface area contributed by atoms with Gasteiger partial charge in [-0.25, -0.2) is 0 Å². The number of anilines is 1. The number of hydrogen-bond donors (Lipinski definition) is 3. The van der Waals surface area contributed by atoms with Gasteiger partial charge in [0.05, 0.1) is 6.04 Å². The van der Waals surface area contributed by atoms with E-state index in [0.29, 0.717) is 17.8 Å². The monoisotopic (exact) mass is 285 g/mol. The van der Waals surface area contributed by atoms with Crippen LogP contribution >= 0.6 is 12.4 Å². The van der Waals surface area contributed by atoms with Crippen molar-refractivity contribution in [2.24, 2.45) is 5.73 Å². The van der Waals surface area contributed by atoms with Crippen LogP contribution in [0.3, 0.4) is 0 Å². The molecular weight excluding hydrogens is 266 g/mol. The maximum Gasteiger partial charge on any atom is 0.251 e. The first-order valence-corrected chi connectivity index (χ1v) is 5.99. The molecule has 4 N–H and O–H groups in total. The third-order valence-electron chi connectivity index (χ3n) is 2.34. The lowest BCUT2D eigenvalue weighted by Gasteiger charge is -2.09. The van der Waals surface area contributed by atoms with Crippen molar-refractivity contribution in [2.45, 2.75) is 26.3 Å². The summed E-state index contributed by atoms with van der Waals surface area (Å²) in [5.41, 5.74) is 6.55. The Morgan fingerprint density at radius 1 is 1.37 bits per heavy atom. The van der Waals surface area contributed by atoms with Crippen molar-refractivity contribution in [3.8, 4) is 0 Å². The highest BCUT2D eigenvalue weighted by atomic mass is 35.5. The zero-order valence-electron chi connectivity index (χ0n) is 11.1. The lowest BCUT2D eigenvalue weighted by atomic mass is 10.2. The van der Waals surface area contributed by atoms with Gasteiger partial charge in [0.25, 0.3) is 5.91 Å². The second-order valence-electron chi connectivity index (χ2n) is 4.11. The van der Waals surface area contributed by atoms with Crippen LogP contribution in [0, 0.1) is 0 Å². The summed E-state index contributed by atoms with van der Waals surface area (Å²) in [6, 6.07) is 6.19. The molecule has 0 aromatic heterocycles.